The van der Waals surface area contributed by atoms with Crippen LogP contribution in [0.5, 0.6) is 0 Å². The van der Waals surface area contributed by atoms with Gasteiger partial charge in [-0.3, -0.25) is 9.59 Å². The molecule has 17 heavy (non-hydrogen) atoms. The quantitative estimate of drug-likeness (QED) is 0.740. The Balaban J connectivity index is 1.90. The van der Waals surface area contributed by atoms with Crippen LogP contribution in [0.2, 0.25) is 0 Å². The monoisotopic (exact) mass is 236 g/mol. The molecule has 1 N–H and O–H groups in total. The topological polar surface area (TPSA) is 49.4 Å². The first-order valence-electron chi connectivity index (χ1n) is 6.70. The summed E-state index contributed by atoms with van der Waals surface area (Å²) in [5.41, 5.74) is -0.550. The van der Waals surface area contributed by atoms with Gasteiger partial charge in [0.05, 0.1) is 0 Å². The third-order valence-corrected chi connectivity index (χ3v) is 4.68. The summed E-state index contributed by atoms with van der Waals surface area (Å²) in [7, 11) is 0. The summed E-state index contributed by atoms with van der Waals surface area (Å²) >= 11 is 0. The fourth-order valence-electron chi connectivity index (χ4n) is 3.39. The first kappa shape index (κ1) is 11.1. The van der Waals surface area contributed by atoms with Gasteiger partial charge in [0.25, 0.3) is 0 Å². The molecule has 3 aliphatic rings. The number of amides is 2. The minimum absolute atomic E-state index is 0.0330. The number of piperazine rings is 1. The van der Waals surface area contributed by atoms with Gasteiger partial charge < -0.3 is 10.2 Å². The van der Waals surface area contributed by atoms with Crippen LogP contribution in [0.4, 0.5) is 0 Å². The van der Waals surface area contributed by atoms with Crippen molar-refractivity contribution in [2.75, 3.05) is 0 Å². The molecule has 2 saturated carbocycles. The second-order valence-electron chi connectivity index (χ2n) is 5.95. The minimum Gasteiger partial charge on any atom is -0.340 e. The average molecular weight is 236 g/mol. The van der Waals surface area contributed by atoms with Crippen molar-refractivity contribution in [1.29, 1.82) is 0 Å². The molecule has 4 nitrogen and oxygen atoms in total. The minimum atomic E-state index is -0.550. The van der Waals surface area contributed by atoms with Gasteiger partial charge in [0, 0.05) is 6.04 Å². The predicted molar refractivity (Wildman–Crippen MR) is 63.2 cm³/mol. The molecule has 3 unspecified atom stereocenters. The van der Waals surface area contributed by atoms with Crippen LogP contribution in [0.3, 0.4) is 0 Å². The van der Waals surface area contributed by atoms with Crippen molar-refractivity contribution in [3.05, 3.63) is 0 Å². The molecule has 94 valence electrons. The lowest BCUT2D eigenvalue weighted by molar-refractivity contribution is -0.155. The van der Waals surface area contributed by atoms with E-state index in [4.69, 9.17) is 0 Å². The summed E-state index contributed by atoms with van der Waals surface area (Å²) in [5.74, 6) is 0.771. The zero-order valence-electron chi connectivity index (χ0n) is 10.5. The van der Waals surface area contributed by atoms with Gasteiger partial charge in [-0.1, -0.05) is 19.8 Å². The highest BCUT2D eigenvalue weighted by Crippen LogP contribution is 2.42. The first-order chi connectivity index (χ1) is 8.05. The Hall–Kier alpha value is -1.06. The Morgan fingerprint density at radius 1 is 1.24 bits per heavy atom. The fraction of sp³-hybridized carbons (Fsp3) is 0.846. The van der Waals surface area contributed by atoms with Gasteiger partial charge in [-0.2, -0.15) is 0 Å². The van der Waals surface area contributed by atoms with E-state index in [9.17, 15) is 9.59 Å². The fourth-order valence-corrected chi connectivity index (χ4v) is 3.39. The van der Waals surface area contributed by atoms with Crippen LogP contribution in [0.25, 0.3) is 0 Å². The molecule has 2 amide bonds. The molecule has 3 fully saturated rings. The lowest BCUT2D eigenvalue weighted by Gasteiger charge is -2.43. The van der Waals surface area contributed by atoms with Gasteiger partial charge in [0.2, 0.25) is 11.8 Å². The number of hydrogen-bond acceptors (Lipinski definition) is 2. The maximum atomic E-state index is 12.6. The van der Waals surface area contributed by atoms with Crippen molar-refractivity contribution >= 4 is 11.8 Å². The van der Waals surface area contributed by atoms with E-state index in [1.807, 2.05) is 11.8 Å². The Morgan fingerprint density at radius 2 is 1.82 bits per heavy atom. The van der Waals surface area contributed by atoms with E-state index in [0.29, 0.717) is 12.0 Å². The summed E-state index contributed by atoms with van der Waals surface area (Å²) in [4.78, 5) is 26.6. The van der Waals surface area contributed by atoms with E-state index in [1.54, 1.807) is 0 Å². The number of hydrogen-bond donors (Lipinski definition) is 1. The molecule has 0 bridgehead atoms. The van der Waals surface area contributed by atoms with E-state index < -0.39 is 5.54 Å². The van der Waals surface area contributed by atoms with Gasteiger partial charge in [-0.15, -0.1) is 0 Å². The number of nitrogens with zero attached hydrogens (tertiary/aromatic N) is 1. The van der Waals surface area contributed by atoms with Crippen molar-refractivity contribution in [2.24, 2.45) is 5.92 Å². The smallest absolute Gasteiger partial charge is 0.249 e. The Morgan fingerprint density at radius 3 is 2.35 bits per heavy atom. The molecule has 1 aliphatic heterocycles. The van der Waals surface area contributed by atoms with Crippen LogP contribution in [-0.2, 0) is 9.59 Å². The molecule has 2 aliphatic carbocycles. The van der Waals surface area contributed by atoms with Gasteiger partial charge in [0.1, 0.15) is 11.6 Å². The van der Waals surface area contributed by atoms with E-state index in [-0.39, 0.29) is 17.9 Å². The highest BCUT2D eigenvalue weighted by atomic mass is 16.2. The largest absolute Gasteiger partial charge is 0.340 e. The molecule has 0 radical (unpaired) electrons. The summed E-state index contributed by atoms with van der Waals surface area (Å²) in [6.07, 6.45) is 4.80. The average Bonchev–Trinajstić information content (AvgIpc) is 2.81. The van der Waals surface area contributed by atoms with Crippen molar-refractivity contribution in [3.8, 4) is 0 Å². The Labute approximate surface area is 102 Å². The van der Waals surface area contributed by atoms with E-state index in [1.165, 1.54) is 0 Å². The Kier molecular flexibility index (Phi) is 2.25. The summed E-state index contributed by atoms with van der Waals surface area (Å²) in [6.45, 7) is 4.00. The van der Waals surface area contributed by atoms with Crippen LogP contribution >= 0.6 is 0 Å². The molecule has 3 rings (SSSR count). The predicted octanol–water partition coefficient (Wildman–Crippen LogP) is 1.05. The van der Waals surface area contributed by atoms with Crippen LogP contribution < -0.4 is 5.32 Å². The SMILES string of the molecule is CC1CC1N1C(=O)C2(CCCC2)NC(=O)C1C. The molecule has 1 heterocycles. The molecule has 0 aromatic rings. The Bertz CT molecular complexity index is 374. The summed E-state index contributed by atoms with van der Waals surface area (Å²) in [6, 6.07) is 0.0182. The van der Waals surface area contributed by atoms with Crippen molar-refractivity contribution in [2.45, 2.75) is 63.6 Å². The number of rotatable bonds is 1. The van der Waals surface area contributed by atoms with E-state index in [2.05, 4.69) is 12.2 Å². The second kappa shape index (κ2) is 3.47. The molecule has 4 heteroatoms. The van der Waals surface area contributed by atoms with Crippen molar-refractivity contribution < 1.29 is 9.59 Å². The normalized spacial score (nSPS) is 39.6. The van der Waals surface area contributed by atoms with Gasteiger partial charge in [-0.05, 0) is 32.1 Å². The standard InChI is InChI=1S/C13H20N2O2/c1-8-7-10(8)15-9(2)11(16)14-13(12(15)17)5-3-4-6-13/h8-10H,3-7H2,1-2H3,(H,14,16). The van der Waals surface area contributed by atoms with E-state index in [0.717, 1.165) is 32.1 Å². The maximum absolute atomic E-state index is 12.6. The van der Waals surface area contributed by atoms with Crippen molar-refractivity contribution in [3.63, 3.8) is 0 Å². The van der Waals surface area contributed by atoms with Crippen molar-refractivity contribution in [1.82, 2.24) is 10.2 Å². The first-order valence-corrected chi connectivity index (χ1v) is 6.70. The van der Waals surface area contributed by atoms with Gasteiger partial charge in [-0.25, -0.2) is 0 Å². The number of nitrogens with one attached hydrogen (secondary N) is 1. The molecule has 0 aromatic carbocycles. The molecular weight excluding hydrogens is 216 g/mol. The molecule has 0 aromatic heterocycles. The number of carbonyl (C=O) groups is 2. The summed E-state index contributed by atoms with van der Waals surface area (Å²) in [5, 5.41) is 2.99. The zero-order valence-corrected chi connectivity index (χ0v) is 10.5. The van der Waals surface area contributed by atoms with Gasteiger partial charge >= 0.3 is 0 Å². The van der Waals surface area contributed by atoms with Crippen LogP contribution in [0.1, 0.15) is 46.0 Å². The third kappa shape index (κ3) is 1.49. The summed E-state index contributed by atoms with van der Waals surface area (Å²) < 4.78 is 0. The molecule has 1 saturated heterocycles. The molecule has 1 spiro atoms. The highest BCUT2D eigenvalue weighted by molar-refractivity contribution is 6.00. The maximum Gasteiger partial charge on any atom is 0.249 e. The number of carbonyl (C=O) groups excluding carboxylic acids is 2. The van der Waals surface area contributed by atoms with Gasteiger partial charge in [0.15, 0.2) is 0 Å². The van der Waals surface area contributed by atoms with E-state index >= 15 is 0 Å². The second-order valence-corrected chi connectivity index (χ2v) is 5.95. The molecular formula is C13H20N2O2. The third-order valence-electron chi connectivity index (χ3n) is 4.68. The zero-order chi connectivity index (χ0) is 12.2. The lowest BCUT2D eigenvalue weighted by atomic mass is 9.91. The molecule has 3 atom stereocenters. The van der Waals surface area contributed by atoms with Crippen LogP contribution in [0.15, 0.2) is 0 Å². The highest BCUT2D eigenvalue weighted by Gasteiger charge is 2.55. The van der Waals surface area contributed by atoms with Crippen LogP contribution in [0, 0.1) is 5.92 Å². The van der Waals surface area contributed by atoms with Crippen LogP contribution in [-0.4, -0.2) is 34.3 Å². The lowest BCUT2D eigenvalue weighted by Crippen LogP contribution is -2.69.